The first-order chi connectivity index (χ1) is 11.2. The average Bonchev–Trinajstić information content (AvgIpc) is 2.49. The fourth-order valence-corrected chi connectivity index (χ4v) is 2.76. The van der Waals surface area contributed by atoms with Crippen LogP contribution in [0.4, 0.5) is 0 Å². The van der Waals surface area contributed by atoms with E-state index >= 15 is 0 Å². The molecule has 1 aliphatic rings. The minimum absolute atomic E-state index is 0.0778. The molecule has 1 fully saturated rings. The lowest BCUT2D eigenvalue weighted by atomic mass is 9.93. The van der Waals surface area contributed by atoms with Crippen molar-refractivity contribution in [2.24, 2.45) is 0 Å². The summed E-state index contributed by atoms with van der Waals surface area (Å²) in [4.78, 5) is 28.7. The molecule has 0 aromatic carbocycles. The van der Waals surface area contributed by atoms with Crippen molar-refractivity contribution in [2.45, 2.75) is 63.1 Å². The minimum Gasteiger partial charge on any atom is -0.388 e. The van der Waals surface area contributed by atoms with Crippen molar-refractivity contribution < 1.29 is 43.7 Å². The number of amides is 1. The zero-order valence-corrected chi connectivity index (χ0v) is 14.3. The molecule has 0 aromatic rings. The van der Waals surface area contributed by atoms with Crippen molar-refractivity contribution in [3.05, 3.63) is 0 Å². The standard InChI is InChI=1S/C13H26NO9P/c1-2-4-10(15)14-6-3-5-8-11(16)13(18)12(17)9(23-8)7-22-24(19,20)21/h8-9,11-13,16-18H,2-7H2,1H3,(H,14,15)(H2,19,20,21). The normalized spacial score (nSPS) is 31.0. The number of ether oxygens (including phenoxy) is 1. The highest BCUT2D eigenvalue weighted by Gasteiger charge is 2.43. The maximum atomic E-state index is 11.3. The van der Waals surface area contributed by atoms with E-state index in [-0.39, 0.29) is 12.3 Å². The van der Waals surface area contributed by atoms with E-state index in [0.29, 0.717) is 19.4 Å². The van der Waals surface area contributed by atoms with Crippen molar-refractivity contribution in [3.8, 4) is 0 Å². The monoisotopic (exact) mass is 371 g/mol. The molecule has 1 aliphatic heterocycles. The van der Waals surface area contributed by atoms with Crippen LogP contribution in [0.25, 0.3) is 0 Å². The second-order valence-electron chi connectivity index (χ2n) is 5.71. The lowest BCUT2D eigenvalue weighted by Gasteiger charge is -2.40. The Morgan fingerprint density at radius 2 is 1.79 bits per heavy atom. The van der Waals surface area contributed by atoms with Gasteiger partial charge >= 0.3 is 7.82 Å². The van der Waals surface area contributed by atoms with Crippen LogP contribution in [0, 0.1) is 0 Å². The van der Waals surface area contributed by atoms with Gasteiger partial charge in [0.1, 0.15) is 24.4 Å². The first-order valence-corrected chi connectivity index (χ1v) is 9.35. The fourth-order valence-electron chi connectivity index (χ4n) is 2.42. The second-order valence-corrected chi connectivity index (χ2v) is 6.95. The van der Waals surface area contributed by atoms with Gasteiger partial charge in [0, 0.05) is 13.0 Å². The van der Waals surface area contributed by atoms with Crippen LogP contribution in [0.5, 0.6) is 0 Å². The second kappa shape index (κ2) is 9.79. The van der Waals surface area contributed by atoms with Gasteiger partial charge < -0.3 is 35.2 Å². The Labute approximate surface area is 140 Å². The molecule has 5 unspecified atom stereocenters. The zero-order valence-electron chi connectivity index (χ0n) is 13.4. The molecule has 6 N–H and O–H groups in total. The molecular weight excluding hydrogens is 345 g/mol. The van der Waals surface area contributed by atoms with E-state index in [9.17, 15) is 24.7 Å². The number of hydrogen-bond donors (Lipinski definition) is 6. The van der Waals surface area contributed by atoms with Gasteiger partial charge in [0.2, 0.25) is 5.91 Å². The van der Waals surface area contributed by atoms with Crippen LogP contribution in [-0.4, -0.2) is 74.7 Å². The third-order valence-electron chi connectivity index (χ3n) is 3.68. The van der Waals surface area contributed by atoms with E-state index in [4.69, 9.17) is 14.5 Å². The van der Waals surface area contributed by atoms with E-state index in [0.717, 1.165) is 6.42 Å². The van der Waals surface area contributed by atoms with Crippen molar-refractivity contribution in [3.63, 3.8) is 0 Å². The summed E-state index contributed by atoms with van der Waals surface area (Å²) in [7, 11) is -4.74. The van der Waals surface area contributed by atoms with Gasteiger partial charge in [0.15, 0.2) is 0 Å². The van der Waals surface area contributed by atoms with Crippen molar-refractivity contribution in [2.75, 3.05) is 13.2 Å². The molecule has 11 heteroatoms. The molecule has 0 bridgehead atoms. The summed E-state index contributed by atoms with van der Waals surface area (Å²) in [6, 6.07) is 0. The minimum atomic E-state index is -4.74. The van der Waals surface area contributed by atoms with Gasteiger partial charge in [-0.15, -0.1) is 0 Å². The predicted octanol–water partition coefficient (Wildman–Crippen LogP) is -1.36. The number of phosphoric acid groups is 1. The Bertz CT molecular complexity index is 443. The molecule has 10 nitrogen and oxygen atoms in total. The van der Waals surface area contributed by atoms with Crippen LogP contribution in [0.15, 0.2) is 0 Å². The summed E-state index contributed by atoms with van der Waals surface area (Å²) in [5.41, 5.74) is 0. The highest BCUT2D eigenvalue weighted by molar-refractivity contribution is 7.46. The topological polar surface area (TPSA) is 166 Å². The predicted molar refractivity (Wildman–Crippen MR) is 81.8 cm³/mol. The average molecular weight is 371 g/mol. The molecular formula is C13H26NO9P. The maximum absolute atomic E-state index is 11.3. The Morgan fingerprint density at radius 1 is 1.17 bits per heavy atom. The van der Waals surface area contributed by atoms with Gasteiger partial charge in [-0.2, -0.15) is 0 Å². The number of rotatable bonds is 9. The van der Waals surface area contributed by atoms with Gasteiger partial charge in [-0.3, -0.25) is 9.32 Å². The van der Waals surface area contributed by atoms with E-state index in [1.165, 1.54) is 0 Å². The fraction of sp³-hybridized carbons (Fsp3) is 0.923. The zero-order chi connectivity index (χ0) is 18.3. The molecule has 5 atom stereocenters. The number of phosphoric ester groups is 1. The first kappa shape index (κ1) is 21.5. The maximum Gasteiger partial charge on any atom is 0.469 e. The van der Waals surface area contributed by atoms with Crippen LogP contribution < -0.4 is 5.32 Å². The lowest BCUT2D eigenvalue weighted by Crippen LogP contribution is -2.58. The Balaban J connectivity index is 2.47. The van der Waals surface area contributed by atoms with Crippen molar-refractivity contribution in [1.82, 2.24) is 5.32 Å². The van der Waals surface area contributed by atoms with Crippen molar-refractivity contribution >= 4 is 13.7 Å². The van der Waals surface area contributed by atoms with E-state index in [2.05, 4.69) is 9.84 Å². The van der Waals surface area contributed by atoms with Gasteiger partial charge in [-0.1, -0.05) is 6.92 Å². The highest BCUT2D eigenvalue weighted by Crippen LogP contribution is 2.37. The molecule has 1 heterocycles. The molecule has 1 saturated heterocycles. The van der Waals surface area contributed by atoms with Gasteiger partial charge in [-0.25, -0.2) is 4.57 Å². The summed E-state index contributed by atoms with van der Waals surface area (Å²) in [6.45, 7) is 1.63. The number of aliphatic hydroxyl groups excluding tert-OH is 3. The van der Waals surface area contributed by atoms with Crippen LogP contribution in [0.3, 0.4) is 0 Å². The van der Waals surface area contributed by atoms with E-state index in [1.54, 1.807) is 0 Å². The third kappa shape index (κ3) is 7.12. The molecule has 24 heavy (non-hydrogen) atoms. The van der Waals surface area contributed by atoms with Crippen LogP contribution in [0.1, 0.15) is 32.6 Å². The third-order valence-corrected chi connectivity index (χ3v) is 4.17. The SMILES string of the molecule is CCCC(=O)NCCCC1OC(COP(=O)(O)O)C(O)C(O)C1O. The number of nitrogens with one attached hydrogen (secondary N) is 1. The van der Waals surface area contributed by atoms with E-state index < -0.39 is 44.9 Å². The van der Waals surface area contributed by atoms with Crippen LogP contribution in [0.2, 0.25) is 0 Å². The smallest absolute Gasteiger partial charge is 0.388 e. The Kier molecular flexibility index (Phi) is 8.75. The number of carbonyl (C=O) groups is 1. The Morgan fingerprint density at radius 3 is 2.38 bits per heavy atom. The summed E-state index contributed by atoms with van der Waals surface area (Å²) in [6.07, 6.45) is -4.53. The quantitative estimate of drug-likeness (QED) is 0.212. The molecule has 0 spiro atoms. The molecule has 1 rings (SSSR count). The van der Waals surface area contributed by atoms with Gasteiger partial charge in [0.05, 0.1) is 12.7 Å². The highest BCUT2D eigenvalue weighted by atomic mass is 31.2. The summed E-state index contributed by atoms with van der Waals surface area (Å²) in [5, 5.41) is 32.3. The molecule has 0 aromatic heterocycles. The summed E-state index contributed by atoms with van der Waals surface area (Å²) in [5.74, 6) is -0.0778. The summed E-state index contributed by atoms with van der Waals surface area (Å²) >= 11 is 0. The Hall–Kier alpha value is -0.580. The van der Waals surface area contributed by atoms with Crippen LogP contribution >= 0.6 is 7.82 Å². The van der Waals surface area contributed by atoms with E-state index in [1.807, 2.05) is 6.92 Å². The first-order valence-electron chi connectivity index (χ1n) is 7.82. The summed E-state index contributed by atoms with van der Waals surface area (Å²) < 4.78 is 20.4. The molecule has 1 amide bonds. The molecule has 0 saturated carbocycles. The largest absolute Gasteiger partial charge is 0.469 e. The van der Waals surface area contributed by atoms with Gasteiger partial charge in [0.25, 0.3) is 0 Å². The number of carbonyl (C=O) groups excluding carboxylic acids is 1. The molecule has 0 aliphatic carbocycles. The number of aliphatic hydroxyl groups is 3. The number of hydrogen-bond acceptors (Lipinski definition) is 7. The van der Waals surface area contributed by atoms with Gasteiger partial charge in [-0.05, 0) is 19.3 Å². The van der Waals surface area contributed by atoms with Crippen molar-refractivity contribution in [1.29, 1.82) is 0 Å². The lowest BCUT2D eigenvalue weighted by molar-refractivity contribution is -0.229. The molecule has 0 radical (unpaired) electrons. The van der Waals surface area contributed by atoms with Crippen LogP contribution in [-0.2, 0) is 18.6 Å². The molecule has 142 valence electrons.